The Bertz CT molecular complexity index is 2600. The van der Waals surface area contributed by atoms with Crippen LogP contribution in [0.2, 0.25) is 0 Å². The third-order valence-electron chi connectivity index (χ3n) is 8.16. The molecule has 8 rings (SSSR count). The van der Waals surface area contributed by atoms with Crippen molar-refractivity contribution < 1.29 is 0 Å². The fourth-order valence-electron chi connectivity index (χ4n) is 6.00. The molecule has 0 atom stereocenters. The maximum atomic E-state index is 9.92. The summed E-state index contributed by atoms with van der Waals surface area (Å²) in [4.78, 5) is 0. The highest BCUT2D eigenvalue weighted by Gasteiger charge is 2.14. The van der Waals surface area contributed by atoms with E-state index < -0.39 is 0 Å². The highest BCUT2D eigenvalue weighted by atomic mass is 32.1. The van der Waals surface area contributed by atoms with Crippen molar-refractivity contribution in [2.45, 2.75) is 0 Å². The predicted octanol–water partition coefficient (Wildman–Crippen LogP) is 11.0. The summed E-state index contributed by atoms with van der Waals surface area (Å²) in [5, 5.41) is 33.3. The lowest BCUT2D eigenvalue weighted by Gasteiger charge is -2.13. The molecule has 3 nitrogen and oxygen atoms in total. The van der Waals surface area contributed by atoms with Crippen molar-refractivity contribution >= 4 is 63.0 Å². The van der Waals surface area contributed by atoms with E-state index in [0.29, 0.717) is 16.7 Å². The first-order valence-corrected chi connectivity index (χ1v) is 15.6. The van der Waals surface area contributed by atoms with Gasteiger partial charge in [-0.05, 0) is 112 Å². The lowest BCUT2D eigenvalue weighted by Crippen LogP contribution is -1.88. The third-order valence-corrected chi connectivity index (χ3v) is 10.4. The lowest BCUT2D eigenvalue weighted by atomic mass is 9.91. The quantitative estimate of drug-likeness (QED) is 0.205. The zero-order valence-corrected chi connectivity index (χ0v) is 24.8. The maximum absolute atomic E-state index is 9.92. The van der Waals surface area contributed by atoms with Gasteiger partial charge in [-0.25, -0.2) is 0 Å². The smallest absolute Gasteiger partial charge is 0.0998 e. The molecule has 8 aromatic rings. The summed E-state index contributed by atoms with van der Waals surface area (Å²) >= 11 is 3.46. The van der Waals surface area contributed by atoms with Gasteiger partial charge in [-0.2, -0.15) is 15.8 Å². The van der Waals surface area contributed by atoms with Crippen molar-refractivity contribution in [3.05, 3.63) is 132 Å². The fourth-order valence-corrected chi connectivity index (χ4v) is 8.19. The molecule has 0 aliphatic carbocycles. The highest BCUT2D eigenvalue weighted by Crippen LogP contribution is 2.41. The Morgan fingerprint density at radius 1 is 0.386 bits per heavy atom. The van der Waals surface area contributed by atoms with Gasteiger partial charge < -0.3 is 0 Å². The molecule has 0 aliphatic rings. The number of hydrogen-bond donors (Lipinski definition) is 0. The van der Waals surface area contributed by atoms with Gasteiger partial charge in [0.25, 0.3) is 0 Å². The van der Waals surface area contributed by atoms with E-state index in [-0.39, 0.29) is 0 Å². The number of rotatable bonds is 3. The largest absolute Gasteiger partial charge is 0.192 e. The Hall–Kier alpha value is -5.77. The average Bonchev–Trinajstić information content (AvgIpc) is 3.64. The van der Waals surface area contributed by atoms with Gasteiger partial charge >= 0.3 is 0 Å². The molecule has 0 spiro atoms. The number of nitrogens with zero attached hydrogens (tertiary/aromatic N) is 3. The van der Waals surface area contributed by atoms with Crippen LogP contribution >= 0.6 is 22.7 Å². The molecule has 0 N–H and O–H groups in total. The topological polar surface area (TPSA) is 71.4 Å². The third kappa shape index (κ3) is 4.22. The molecule has 2 aromatic heterocycles. The van der Waals surface area contributed by atoms with Gasteiger partial charge in [0.1, 0.15) is 0 Å². The molecule has 6 aromatic carbocycles. The molecule has 2 heterocycles. The van der Waals surface area contributed by atoms with Crippen LogP contribution in [0.3, 0.4) is 0 Å². The number of fused-ring (bicyclic) bond motifs is 6. The van der Waals surface area contributed by atoms with Crippen molar-refractivity contribution in [3.63, 3.8) is 0 Å². The molecule has 202 valence electrons. The summed E-state index contributed by atoms with van der Waals surface area (Å²) in [6.45, 7) is 0. The standard InChI is InChI=1S/C39H19N3S2/c40-20-23-5-10-36-33(13-23)32-9-7-26(19-39(32)44-36)29-15-28(16-30(17-29)31-4-2-1-3-27(31)22-42)25-8-12-38-35(18-25)34-14-24(21-41)6-11-37(34)43-38/h1-19H. The van der Waals surface area contributed by atoms with Crippen LogP contribution in [0.15, 0.2) is 115 Å². The summed E-state index contributed by atoms with van der Waals surface area (Å²) in [5.74, 6) is 0. The molecular formula is C39H19N3S2. The van der Waals surface area contributed by atoms with Crippen LogP contribution in [-0.4, -0.2) is 0 Å². The number of nitriles is 3. The second-order valence-electron chi connectivity index (χ2n) is 10.7. The minimum absolute atomic E-state index is 0.632. The minimum atomic E-state index is 0.632. The van der Waals surface area contributed by atoms with Gasteiger partial charge in [0, 0.05) is 40.3 Å². The average molecular weight is 594 g/mol. The highest BCUT2D eigenvalue weighted by molar-refractivity contribution is 7.26. The van der Waals surface area contributed by atoms with E-state index in [1.165, 1.54) is 4.70 Å². The molecule has 5 heteroatoms. The van der Waals surface area contributed by atoms with Crippen LogP contribution in [0.4, 0.5) is 0 Å². The summed E-state index contributed by atoms with van der Waals surface area (Å²) in [6, 6.07) is 46.0. The van der Waals surface area contributed by atoms with Crippen LogP contribution in [0.5, 0.6) is 0 Å². The van der Waals surface area contributed by atoms with Crippen molar-refractivity contribution in [1.29, 1.82) is 15.8 Å². The summed E-state index contributed by atoms with van der Waals surface area (Å²) in [6.07, 6.45) is 0. The van der Waals surface area contributed by atoms with Crippen LogP contribution < -0.4 is 0 Å². The van der Waals surface area contributed by atoms with Crippen LogP contribution in [0, 0.1) is 34.0 Å². The first-order chi connectivity index (χ1) is 21.6. The second-order valence-corrected chi connectivity index (χ2v) is 12.9. The first kappa shape index (κ1) is 25.9. The van der Waals surface area contributed by atoms with Crippen molar-refractivity contribution in [2.24, 2.45) is 0 Å². The fraction of sp³-hybridized carbons (Fsp3) is 0. The van der Waals surface area contributed by atoms with E-state index in [1.807, 2.05) is 60.7 Å². The Kier molecular flexibility index (Phi) is 6.00. The molecule has 0 unspecified atom stereocenters. The van der Waals surface area contributed by atoms with E-state index in [0.717, 1.165) is 69.0 Å². The van der Waals surface area contributed by atoms with E-state index in [9.17, 15) is 15.8 Å². The Morgan fingerprint density at radius 3 is 1.61 bits per heavy atom. The minimum Gasteiger partial charge on any atom is -0.192 e. The van der Waals surface area contributed by atoms with Gasteiger partial charge in [0.2, 0.25) is 0 Å². The summed E-state index contributed by atoms with van der Waals surface area (Å²) in [7, 11) is 0. The molecule has 0 saturated carbocycles. The monoisotopic (exact) mass is 593 g/mol. The van der Waals surface area contributed by atoms with Crippen molar-refractivity contribution in [3.8, 4) is 51.6 Å². The molecular weight excluding hydrogens is 575 g/mol. The van der Waals surface area contributed by atoms with E-state index in [1.54, 1.807) is 22.7 Å². The first-order valence-electron chi connectivity index (χ1n) is 14.0. The predicted molar refractivity (Wildman–Crippen MR) is 183 cm³/mol. The van der Waals surface area contributed by atoms with Crippen LogP contribution in [0.1, 0.15) is 16.7 Å². The summed E-state index contributed by atoms with van der Waals surface area (Å²) < 4.78 is 4.66. The number of hydrogen-bond acceptors (Lipinski definition) is 5. The van der Waals surface area contributed by atoms with Crippen molar-refractivity contribution in [2.75, 3.05) is 0 Å². The van der Waals surface area contributed by atoms with Crippen LogP contribution in [0.25, 0.3) is 73.7 Å². The number of thiophene rings is 2. The molecule has 0 fully saturated rings. The van der Waals surface area contributed by atoms with E-state index in [2.05, 4.69) is 72.8 Å². The molecule has 0 bridgehead atoms. The summed E-state index contributed by atoms with van der Waals surface area (Å²) in [5.41, 5.74) is 8.09. The van der Waals surface area contributed by atoms with Gasteiger partial charge in [-0.3, -0.25) is 0 Å². The Balaban J connectivity index is 1.34. The van der Waals surface area contributed by atoms with Crippen LogP contribution in [-0.2, 0) is 0 Å². The van der Waals surface area contributed by atoms with Crippen molar-refractivity contribution in [1.82, 2.24) is 0 Å². The molecule has 0 amide bonds. The Morgan fingerprint density at radius 2 is 0.932 bits per heavy atom. The molecule has 0 aliphatic heterocycles. The van der Waals surface area contributed by atoms with E-state index in [4.69, 9.17) is 0 Å². The molecule has 44 heavy (non-hydrogen) atoms. The molecule has 0 saturated heterocycles. The molecule has 0 radical (unpaired) electrons. The van der Waals surface area contributed by atoms with Gasteiger partial charge in [0.05, 0.1) is 34.9 Å². The maximum Gasteiger partial charge on any atom is 0.0998 e. The zero-order chi connectivity index (χ0) is 29.8. The van der Waals surface area contributed by atoms with Gasteiger partial charge in [-0.15, -0.1) is 22.7 Å². The van der Waals surface area contributed by atoms with E-state index >= 15 is 0 Å². The second kappa shape index (κ2) is 10.2. The number of benzene rings is 6. The van der Waals surface area contributed by atoms with Gasteiger partial charge in [0.15, 0.2) is 0 Å². The zero-order valence-electron chi connectivity index (χ0n) is 23.1. The lowest BCUT2D eigenvalue weighted by molar-refractivity contribution is 1.48. The van der Waals surface area contributed by atoms with Gasteiger partial charge in [-0.1, -0.05) is 36.4 Å². The normalized spacial score (nSPS) is 11.1. The SMILES string of the molecule is N#Cc1ccc2sc3cc(-c4cc(-c5ccc6sc7ccc(C#N)cc7c6c5)cc(-c5ccccc5C#N)c4)ccc3c2c1. The Labute approximate surface area is 261 Å².